The number of alkyl halides is 1. The van der Waals surface area contributed by atoms with Crippen LogP contribution in [0.25, 0.3) is 16.9 Å². The Morgan fingerprint density at radius 1 is 0.928 bits per heavy atom. The van der Waals surface area contributed by atoms with E-state index in [1.54, 1.807) is 61.3 Å². The Morgan fingerprint density at radius 2 is 1.59 bits per heavy atom. The monoisotopic (exact) mass is 957 g/mol. The second kappa shape index (κ2) is 20.9. The number of unbranched alkanes of at least 4 members (excludes halogenated alkanes) is 1. The van der Waals surface area contributed by atoms with E-state index in [0.29, 0.717) is 64.5 Å². The number of aromatic nitrogens is 5. The van der Waals surface area contributed by atoms with E-state index in [2.05, 4.69) is 20.5 Å². The van der Waals surface area contributed by atoms with Crippen molar-refractivity contribution < 1.29 is 53.4 Å². The van der Waals surface area contributed by atoms with Crippen LogP contribution in [-0.2, 0) is 16.0 Å². The van der Waals surface area contributed by atoms with Crippen LogP contribution in [-0.4, -0.2) is 157 Å². The molecule has 2 aromatic heterocycles. The molecule has 0 spiro atoms. The van der Waals surface area contributed by atoms with Crippen LogP contribution in [0, 0.1) is 23.7 Å². The molecule has 5 atom stereocenters. The number of rotatable bonds is 20. The largest absolute Gasteiger partial charge is 0.496 e. The summed E-state index contributed by atoms with van der Waals surface area (Å²) >= 11 is 0. The molecule has 69 heavy (non-hydrogen) atoms. The number of nitrogens with zero attached hydrogens (tertiary/aromatic N) is 7. The highest BCUT2D eigenvalue weighted by Gasteiger charge is 2.62. The Kier molecular flexibility index (Phi) is 15.1. The quantitative estimate of drug-likeness (QED) is 0.0761. The fourth-order valence-electron chi connectivity index (χ4n) is 11.6. The highest BCUT2D eigenvalue weighted by atomic mass is 18.2. The van der Waals surface area contributed by atoms with Crippen molar-refractivity contribution in [2.24, 2.45) is 23.7 Å². The minimum atomic E-state index is -1.94. The minimum Gasteiger partial charge on any atom is -0.496 e. The highest BCUT2D eigenvalue weighted by Crippen LogP contribution is 2.58. The fourth-order valence-corrected chi connectivity index (χ4v) is 11.6. The number of carboxylic acids is 1. The van der Waals surface area contributed by atoms with Crippen molar-refractivity contribution in [1.82, 2.24) is 39.9 Å². The Hall–Kier alpha value is -5.47. The van der Waals surface area contributed by atoms with Gasteiger partial charge in [0.1, 0.15) is 35.3 Å². The van der Waals surface area contributed by atoms with Crippen LogP contribution in [0.4, 0.5) is 4.39 Å². The van der Waals surface area contributed by atoms with Gasteiger partial charge in [-0.25, -0.2) is 18.5 Å². The molecule has 1 saturated heterocycles. The first-order valence-corrected chi connectivity index (χ1v) is 24.2. The lowest BCUT2D eigenvalue weighted by Gasteiger charge is -2.59. The molecule has 19 heteroatoms. The van der Waals surface area contributed by atoms with Gasteiger partial charge in [-0.1, -0.05) is 25.1 Å². The van der Waals surface area contributed by atoms with Crippen LogP contribution < -0.4 is 14.8 Å². The van der Waals surface area contributed by atoms with E-state index in [-0.39, 0.29) is 29.4 Å². The standard InChI is InChI=1S/C50H67FN8O10/c1-28(2)35-24-31(47(64)57(4)18-10-17-56(3)16-8-7-11-34-26-58(55-53-34)48-43(51)45(62)44(61)41(27-60)69-48)14-15-37(35)59-38(42-39(67-5)12-9-13-40(42)68-6)25-36(54-59)46(63)52-50(49(65)66)32-20-29-19-30(22-32)23-33(50)21-29/h9,12-15,24-26,28-30,32-33,41,43-45,48,60-62H,7-8,10-11,16-23,27H2,1-6H3,(H,52,63)(H,65,66)/t29?,30?,32?,33?,41-,43-,44-,45-,48-,50?/m0/s1/i51-1. The number of hydrogen-bond acceptors (Lipinski definition) is 13. The summed E-state index contributed by atoms with van der Waals surface area (Å²) in [6, 6.07) is 12.5. The zero-order valence-electron chi connectivity index (χ0n) is 40.3. The first-order valence-electron chi connectivity index (χ1n) is 24.2. The van der Waals surface area contributed by atoms with Gasteiger partial charge in [0.05, 0.1) is 49.7 Å². The maximum atomic E-state index is 14.8. The van der Waals surface area contributed by atoms with Crippen molar-refractivity contribution in [3.05, 3.63) is 71.2 Å². The maximum Gasteiger partial charge on any atom is 0.330 e. The first-order chi connectivity index (χ1) is 33.1. The van der Waals surface area contributed by atoms with E-state index < -0.39 is 54.7 Å². The van der Waals surface area contributed by atoms with Crippen LogP contribution in [0.15, 0.2) is 48.7 Å². The van der Waals surface area contributed by atoms with Gasteiger partial charge in [-0.05, 0) is 149 Å². The summed E-state index contributed by atoms with van der Waals surface area (Å²) in [4.78, 5) is 45.6. The molecule has 5 N–H and O–H groups in total. The predicted molar refractivity (Wildman–Crippen MR) is 251 cm³/mol. The highest BCUT2D eigenvalue weighted by molar-refractivity contribution is 5.98. The number of methoxy groups -OCH3 is 2. The smallest absolute Gasteiger partial charge is 0.330 e. The number of carbonyl (C=O) groups is 3. The molecule has 3 heterocycles. The number of aliphatic hydroxyl groups excluding tert-OH is 3. The van der Waals surface area contributed by atoms with Gasteiger partial charge in [0.2, 0.25) is 0 Å². The Morgan fingerprint density at radius 3 is 2.22 bits per heavy atom. The zero-order chi connectivity index (χ0) is 49.3. The molecule has 0 radical (unpaired) electrons. The fraction of sp³-hybridized carbons (Fsp3) is 0.600. The van der Waals surface area contributed by atoms with E-state index in [9.17, 15) is 39.2 Å². The van der Waals surface area contributed by atoms with Crippen LogP contribution in [0.5, 0.6) is 11.5 Å². The number of aryl methyl sites for hydroxylation is 1. The van der Waals surface area contributed by atoms with Gasteiger partial charge >= 0.3 is 5.97 Å². The Bertz CT molecular complexity index is 2430. The number of amides is 2. The summed E-state index contributed by atoms with van der Waals surface area (Å²) in [5.74, 6) is -0.0582. The molecule has 4 aromatic rings. The third-order valence-electron chi connectivity index (χ3n) is 15.1. The molecule has 5 fully saturated rings. The summed E-state index contributed by atoms with van der Waals surface area (Å²) in [6.07, 6.45) is 1.15. The van der Waals surface area contributed by atoms with Gasteiger partial charge in [0.25, 0.3) is 11.8 Å². The van der Waals surface area contributed by atoms with E-state index >= 15 is 0 Å². The van der Waals surface area contributed by atoms with Gasteiger partial charge in [0.15, 0.2) is 18.1 Å². The summed E-state index contributed by atoms with van der Waals surface area (Å²) in [7, 11) is 6.92. The van der Waals surface area contributed by atoms with Crippen LogP contribution >= 0.6 is 0 Å². The van der Waals surface area contributed by atoms with Gasteiger partial charge in [0, 0.05) is 19.2 Å². The molecule has 1 aliphatic heterocycles. The SMILES string of the molecule is COc1cccc(OC)c1-c1cc(C(=O)NC2(C(=O)O)C3CC4CC(C3)CC2C4)nn1-c1ccc(C(=O)N(C)CCCN(C)CCCCc2cn([C@H]3O[C@@H](CO)[C@H](O)[C@@H](O)[C@@H]3[18F])nn2)cc1C(C)C. The molecule has 9 rings (SSSR count). The third-order valence-corrected chi connectivity index (χ3v) is 15.1. The topological polar surface area (TPSA) is 227 Å². The number of aliphatic carboxylic acids is 1. The van der Waals surface area contributed by atoms with Crippen molar-refractivity contribution in [3.63, 3.8) is 0 Å². The van der Waals surface area contributed by atoms with Crippen molar-refractivity contribution in [3.8, 4) is 28.4 Å². The zero-order valence-corrected chi connectivity index (χ0v) is 40.3. The molecule has 0 unspecified atom stereocenters. The van der Waals surface area contributed by atoms with E-state index in [1.165, 1.54) is 4.68 Å². The van der Waals surface area contributed by atoms with Crippen molar-refractivity contribution in [2.75, 3.05) is 54.6 Å². The molecule has 4 bridgehead atoms. The van der Waals surface area contributed by atoms with Gasteiger partial charge in [-0.2, -0.15) is 5.10 Å². The Balaban J connectivity index is 0.924. The molecule has 18 nitrogen and oxygen atoms in total. The number of carboxylic acid groups (broad SMARTS) is 1. The average molecular weight is 958 g/mol. The lowest BCUT2D eigenvalue weighted by atomic mass is 9.48. The summed E-state index contributed by atoms with van der Waals surface area (Å²) in [5, 5.41) is 56.4. The number of carbonyl (C=O) groups excluding carboxylic acids is 2. The molecule has 2 amide bonds. The number of nitrogens with one attached hydrogen (secondary N) is 1. The summed E-state index contributed by atoms with van der Waals surface area (Å²) in [5.41, 5.74) is 2.34. The van der Waals surface area contributed by atoms with Gasteiger partial charge in [-0.3, -0.25) is 9.59 Å². The second-order valence-corrected chi connectivity index (χ2v) is 19.9. The molecule has 5 aliphatic rings. The number of benzene rings is 2. The van der Waals surface area contributed by atoms with Crippen LogP contribution in [0.1, 0.15) is 109 Å². The van der Waals surface area contributed by atoms with Crippen molar-refractivity contribution in [1.29, 1.82) is 0 Å². The molecular weight excluding hydrogens is 891 g/mol. The van der Waals surface area contributed by atoms with Crippen LogP contribution in [0.3, 0.4) is 0 Å². The maximum absolute atomic E-state index is 14.8. The number of ether oxygens (including phenoxy) is 3. The summed E-state index contributed by atoms with van der Waals surface area (Å²) < 4.78 is 34.7. The van der Waals surface area contributed by atoms with E-state index in [1.807, 2.05) is 39.1 Å². The molecule has 2 aromatic carbocycles. The molecule has 374 valence electrons. The van der Waals surface area contributed by atoms with Crippen molar-refractivity contribution in [2.45, 2.75) is 114 Å². The van der Waals surface area contributed by atoms with Crippen molar-refractivity contribution >= 4 is 17.8 Å². The second-order valence-electron chi connectivity index (χ2n) is 19.9. The van der Waals surface area contributed by atoms with Gasteiger partial charge < -0.3 is 49.8 Å². The average Bonchev–Trinajstić information content (AvgIpc) is 4.00. The molecule has 4 saturated carbocycles. The number of halogens is 1. The van der Waals surface area contributed by atoms with Gasteiger partial charge in [-0.15, -0.1) is 5.10 Å². The van der Waals surface area contributed by atoms with E-state index in [0.717, 1.165) is 70.0 Å². The number of hydrogen-bond donors (Lipinski definition) is 5. The number of aliphatic hydroxyl groups is 3. The predicted octanol–water partition coefficient (Wildman–Crippen LogP) is 4.65. The minimum absolute atomic E-state index is 0.0574. The van der Waals surface area contributed by atoms with Crippen LogP contribution in [0.2, 0.25) is 0 Å². The lowest BCUT2D eigenvalue weighted by Crippen LogP contribution is -2.70. The Labute approximate surface area is 401 Å². The molecule has 4 aliphatic carbocycles. The molecular formula is C50H67FN8O10. The van der Waals surface area contributed by atoms with E-state index in [4.69, 9.17) is 19.3 Å². The third kappa shape index (κ3) is 9.85. The lowest BCUT2D eigenvalue weighted by molar-refractivity contribution is -0.237. The summed E-state index contributed by atoms with van der Waals surface area (Å²) in [6.45, 7) is 5.54. The normalized spacial score (nSPS) is 27.2. The first kappa shape index (κ1) is 49.9.